The highest BCUT2D eigenvalue weighted by Gasteiger charge is 2.35. The predicted octanol–water partition coefficient (Wildman–Crippen LogP) is 3.50. The van der Waals surface area contributed by atoms with Crippen LogP contribution < -0.4 is 4.90 Å². The Bertz CT molecular complexity index is 1190. The summed E-state index contributed by atoms with van der Waals surface area (Å²) < 4.78 is 52.2. The molecule has 2 heterocycles. The Morgan fingerprint density at radius 2 is 1.80 bits per heavy atom. The van der Waals surface area contributed by atoms with Gasteiger partial charge in [-0.1, -0.05) is 12.1 Å². The van der Waals surface area contributed by atoms with Gasteiger partial charge in [0.2, 0.25) is 0 Å². The Balaban J connectivity index is 1.54. The van der Waals surface area contributed by atoms with Gasteiger partial charge in [-0.05, 0) is 48.7 Å². The average molecular weight is 579 g/mol. The number of hydrogen-bond donors (Lipinski definition) is 1. The van der Waals surface area contributed by atoms with E-state index < -0.39 is 17.6 Å². The molecule has 11 heteroatoms. The Hall–Kier alpha value is -2.86. The number of alkyl halides is 3. The van der Waals surface area contributed by atoms with Crippen LogP contribution in [0, 0.1) is 6.92 Å². The maximum atomic E-state index is 13.8. The zero-order chi connectivity index (χ0) is 29.7. The van der Waals surface area contributed by atoms with Gasteiger partial charge in [0, 0.05) is 84.3 Å². The first kappa shape index (κ1) is 31.1. The molecule has 2 aliphatic rings. The van der Waals surface area contributed by atoms with E-state index in [9.17, 15) is 23.1 Å². The van der Waals surface area contributed by atoms with E-state index in [1.54, 1.807) is 37.1 Å². The summed E-state index contributed by atoms with van der Waals surface area (Å²) in [5, 5.41) is 10.3. The first-order valence-electron chi connectivity index (χ1n) is 14.0. The second-order valence-corrected chi connectivity index (χ2v) is 11.2. The van der Waals surface area contributed by atoms with Crippen LogP contribution in [-0.4, -0.2) is 118 Å². The molecule has 4 rings (SSSR count). The fraction of sp³-hybridized carbons (Fsp3) is 0.567. The highest BCUT2D eigenvalue weighted by Crippen LogP contribution is 2.33. The average Bonchev–Trinajstić information content (AvgIpc) is 2.93. The van der Waals surface area contributed by atoms with Gasteiger partial charge < -0.3 is 24.4 Å². The number of carbonyl (C=O) groups excluding carboxylic acids is 1. The number of rotatable bonds is 9. The molecule has 226 valence electrons. The Morgan fingerprint density at radius 1 is 1.07 bits per heavy atom. The molecule has 0 spiro atoms. The molecule has 2 aromatic carbocycles. The van der Waals surface area contributed by atoms with Crippen molar-refractivity contribution in [2.24, 2.45) is 0 Å². The Labute approximate surface area is 240 Å². The number of halogens is 3. The van der Waals surface area contributed by atoms with Crippen molar-refractivity contribution in [1.29, 1.82) is 0 Å². The standard InChI is InChI=1S/C30H41F3N4O4/c1-21-5-6-22(14-28(21)38)13-26-18-35(7-8-36-11-12-41-27(19-36)20-40-4)9-10-37(26)29(39)23-15-24(30(31,32)33)17-25(16-23)34(2)3/h5-6,14-17,26-27,38H,7-13,18-20H2,1-4H3/t26-,27+/m1/s1. The topological polar surface area (TPSA) is 68.7 Å². The molecule has 0 unspecified atom stereocenters. The van der Waals surface area contributed by atoms with Crippen LogP contribution in [0.3, 0.4) is 0 Å². The van der Waals surface area contributed by atoms with Gasteiger partial charge in [-0.15, -0.1) is 0 Å². The van der Waals surface area contributed by atoms with Crippen LogP contribution in [-0.2, 0) is 22.1 Å². The number of phenols is 1. The second kappa shape index (κ2) is 13.4. The fourth-order valence-electron chi connectivity index (χ4n) is 5.49. The van der Waals surface area contributed by atoms with Gasteiger partial charge in [0.25, 0.3) is 5.91 Å². The molecule has 2 fully saturated rings. The number of phenolic OH excluding ortho intramolecular Hbond substituents is 1. The summed E-state index contributed by atoms with van der Waals surface area (Å²) in [4.78, 5) is 21.7. The highest BCUT2D eigenvalue weighted by atomic mass is 19.4. The van der Waals surface area contributed by atoms with Gasteiger partial charge in [0.05, 0.1) is 24.9 Å². The number of aryl methyl sites for hydroxylation is 1. The number of anilines is 1. The normalized spacial score (nSPS) is 20.8. The van der Waals surface area contributed by atoms with Crippen molar-refractivity contribution < 1.29 is 32.5 Å². The molecular weight excluding hydrogens is 537 g/mol. The fourth-order valence-corrected chi connectivity index (χ4v) is 5.49. The third kappa shape index (κ3) is 8.12. The summed E-state index contributed by atoms with van der Waals surface area (Å²) in [5.74, 6) is -0.241. The van der Waals surface area contributed by atoms with E-state index in [1.807, 2.05) is 19.1 Å². The number of amides is 1. The van der Waals surface area contributed by atoms with Gasteiger partial charge in [-0.2, -0.15) is 13.2 Å². The largest absolute Gasteiger partial charge is 0.508 e. The molecule has 2 aromatic rings. The lowest BCUT2D eigenvalue weighted by Crippen LogP contribution is -2.57. The van der Waals surface area contributed by atoms with E-state index in [1.165, 1.54) is 6.07 Å². The lowest BCUT2D eigenvalue weighted by molar-refractivity contribution is -0.137. The van der Waals surface area contributed by atoms with Crippen molar-refractivity contribution >= 4 is 11.6 Å². The number of piperazine rings is 1. The molecule has 0 aliphatic carbocycles. The van der Waals surface area contributed by atoms with Gasteiger partial charge in [-0.25, -0.2) is 0 Å². The van der Waals surface area contributed by atoms with E-state index in [0.29, 0.717) is 45.0 Å². The number of morpholine rings is 1. The summed E-state index contributed by atoms with van der Waals surface area (Å²) in [7, 11) is 4.97. The van der Waals surface area contributed by atoms with Crippen LogP contribution in [0.4, 0.5) is 18.9 Å². The monoisotopic (exact) mass is 578 g/mol. The third-order valence-electron chi connectivity index (χ3n) is 7.89. The van der Waals surface area contributed by atoms with Gasteiger partial charge in [0.15, 0.2) is 0 Å². The molecule has 0 radical (unpaired) electrons. The maximum absolute atomic E-state index is 13.8. The minimum Gasteiger partial charge on any atom is -0.508 e. The zero-order valence-corrected chi connectivity index (χ0v) is 24.3. The molecule has 8 nitrogen and oxygen atoms in total. The zero-order valence-electron chi connectivity index (χ0n) is 24.3. The van der Waals surface area contributed by atoms with E-state index in [0.717, 1.165) is 49.4 Å². The number of methoxy groups -OCH3 is 1. The van der Waals surface area contributed by atoms with Crippen molar-refractivity contribution in [2.75, 3.05) is 85.1 Å². The van der Waals surface area contributed by atoms with E-state index >= 15 is 0 Å². The molecule has 2 aliphatic heterocycles. The van der Waals surface area contributed by atoms with E-state index in [4.69, 9.17) is 9.47 Å². The van der Waals surface area contributed by atoms with Crippen LogP contribution >= 0.6 is 0 Å². The molecule has 0 aromatic heterocycles. The van der Waals surface area contributed by atoms with Crippen molar-refractivity contribution in [2.45, 2.75) is 31.7 Å². The molecule has 1 amide bonds. The van der Waals surface area contributed by atoms with Crippen LogP contribution in [0.2, 0.25) is 0 Å². The highest BCUT2D eigenvalue weighted by molar-refractivity contribution is 5.96. The van der Waals surface area contributed by atoms with Crippen LogP contribution in [0.5, 0.6) is 5.75 Å². The van der Waals surface area contributed by atoms with Gasteiger partial charge in [0.1, 0.15) is 5.75 Å². The molecule has 2 saturated heterocycles. The molecule has 0 bridgehead atoms. The minimum absolute atomic E-state index is 0.0197. The number of aromatic hydroxyl groups is 1. The van der Waals surface area contributed by atoms with Crippen LogP contribution in [0.15, 0.2) is 36.4 Å². The Kier molecular flexibility index (Phi) is 10.2. The third-order valence-corrected chi connectivity index (χ3v) is 7.89. The second-order valence-electron chi connectivity index (χ2n) is 11.2. The quantitative estimate of drug-likeness (QED) is 0.489. The van der Waals surface area contributed by atoms with Crippen molar-refractivity contribution in [3.8, 4) is 5.75 Å². The summed E-state index contributed by atoms with van der Waals surface area (Å²) in [6, 6.07) is 8.72. The smallest absolute Gasteiger partial charge is 0.416 e. The van der Waals surface area contributed by atoms with Crippen LogP contribution in [0.1, 0.15) is 27.0 Å². The van der Waals surface area contributed by atoms with E-state index in [-0.39, 0.29) is 23.5 Å². The van der Waals surface area contributed by atoms with Crippen LogP contribution in [0.25, 0.3) is 0 Å². The molecular formula is C30H41F3N4O4. The molecule has 41 heavy (non-hydrogen) atoms. The summed E-state index contributed by atoms with van der Waals surface area (Å²) in [6.07, 6.45) is -4.05. The number of ether oxygens (including phenoxy) is 2. The predicted molar refractivity (Wildman–Crippen MR) is 152 cm³/mol. The van der Waals surface area contributed by atoms with E-state index in [2.05, 4.69) is 9.80 Å². The number of carbonyl (C=O) groups is 1. The number of benzene rings is 2. The summed E-state index contributed by atoms with van der Waals surface area (Å²) in [5.41, 5.74) is 1.11. The lowest BCUT2D eigenvalue weighted by Gasteiger charge is -2.43. The summed E-state index contributed by atoms with van der Waals surface area (Å²) in [6.45, 7) is 7.88. The molecule has 2 atom stereocenters. The number of nitrogens with zero attached hydrogens (tertiary/aromatic N) is 4. The SMILES string of the molecule is COC[C@@H]1CN(CCN2CCN(C(=O)c3cc(N(C)C)cc(C(F)(F)F)c3)[C@H](Cc3ccc(C)c(O)c3)C2)CCO1. The molecule has 0 saturated carbocycles. The van der Waals surface area contributed by atoms with Crippen molar-refractivity contribution in [3.05, 3.63) is 58.7 Å². The minimum atomic E-state index is -4.57. The maximum Gasteiger partial charge on any atom is 0.416 e. The first-order valence-corrected chi connectivity index (χ1v) is 14.0. The van der Waals surface area contributed by atoms with Gasteiger partial charge >= 0.3 is 6.18 Å². The first-order chi connectivity index (χ1) is 19.4. The van der Waals surface area contributed by atoms with Crippen molar-refractivity contribution in [3.63, 3.8) is 0 Å². The number of hydrogen-bond acceptors (Lipinski definition) is 7. The lowest BCUT2D eigenvalue weighted by atomic mass is 9.99. The van der Waals surface area contributed by atoms with Crippen molar-refractivity contribution in [1.82, 2.24) is 14.7 Å². The Morgan fingerprint density at radius 3 is 2.46 bits per heavy atom. The van der Waals surface area contributed by atoms with Gasteiger partial charge in [-0.3, -0.25) is 14.6 Å². The summed E-state index contributed by atoms with van der Waals surface area (Å²) >= 11 is 0. The molecule has 1 N–H and O–H groups in total.